The van der Waals surface area contributed by atoms with Gasteiger partial charge in [-0.3, -0.25) is 0 Å². The minimum atomic E-state index is 0.453. The van der Waals surface area contributed by atoms with E-state index in [4.69, 9.17) is 0 Å². The van der Waals surface area contributed by atoms with Crippen LogP contribution in [0, 0.1) is 6.92 Å². The lowest BCUT2D eigenvalue weighted by Gasteiger charge is -2.13. The fourth-order valence-electron chi connectivity index (χ4n) is 2.41. The first-order valence-corrected chi connectivity index (χ1v) is 8.53. The summed E-state index contributed by atoms with van der Waals surface area (Å²) < 4.78 is 1.02. The summed E-state index contributed by atoms with van der Waals surface area (Å²) in [5, 5.41) is 14.6. The van der Waals surface area contributed by atoms with Crippen molar-refractivity contribution in [2.24, 2.45) is 0 Å². The van der Waals surface area contributed by atoms with Crippen LogP contribution in [0.3, 0.4) is 0 Å². The second kappa shape index (κ2) is 7.40. The van der Waals surface area contributed by atoms with E-state index in [0.29, 0.717) is 11.8 Å². The first-order chi connectivity index (χ1) is 11.7. The van der Waals surface area contributed by atoms with E-state index in [-0.39, 0.29) is 0 Å². The van der Waals surface area contributed by atoms with Crippen molar-refractivity contribution < 1.29 is 0 Å². The average Bonchev–Trinajstić information content (AvgIpc) is 2.59. The molecule has 0 aliphatic heterocycles. The van der Waals surface area contributed by atoms with E-state index in [2.05, 4.69) is 73.8 Å². The Labute approximate surface area is 149 Å². The molecular formula is C18H18BrN5. The van der Waals surface area contributed by atoms with Crippen molar-refractivity contribution in [1.82, 2.24) is 15.2 Å². The normalized spacial score (nSPS) is 10.5. The van der Waals surface area contributed by atoms with E-state index >= 15 is 0 Å². The van der Waals surface area contributed by atoms with Crippen molar-refractivity contribution in [1.29, 1.82) is 0 Å². The summed E-state index contributed by atoms with van der Waals surface area (Å²) in [5.74, 6) is 1.11. The minimum absolute atomic E-state index is 0.453. The summed E-state index contributed by atoms with van der Waals surface area (Å²) in [6, 6.07) is 14.1. The molecule has 1 heterocycles. The summed E-state index contributed by atoms with van der Waals surface area (Å²) in [7, 11) is 0. The Bertz CT molecular complexity index is 833. The van der Waals surface area contributed by atoms with Gasteiger partial charge in [0.25, 0.3) is 0 Å². The monoisotopic (exact) mass is 383 g/mol. The predicted molar refractivity (Wildman–Crippen MR) is 101 cm³/mol. The highest BCUT2D eigenvalue weighted by Crippen LogP contribution is 2.25. The molecule has 0 spiro atoms. The fraction of sp³-hybridized carbons (Fsp3) is 0.167. The Morgan fingerprint density at radius 1 is 1.04 bits per heavy atom. The number of halogens is 1. The number of benzene rings is 2. The number of aryl methyl sites for hydroxylation is 2. The van der Waals surface area contributed by atoms with Gasteiger partial charge in [0.05, 0.1) is 6.20 Å². The smallest absolute Gasteiger partial charge is 0.249 e. The molecule has 0 saturated carbocycles. The summed E-state index contributed by atoms with van der Waals surface area (Å²) in [5.41, 5.74) is 4.41. The van der Waals surface area contributed by atoms with Gasteiger partial charge in [-0.1, -0.05) is 41.1 Å². The number of hydrogen-bond donors (Lipinski definition) is 2. The van der Waals surface area contributed by atoms with Gasteiger partial charge in [0, 0.05) is 15.8 Å². The Balaban J connectivity index is 1.82. The van der Waals surface area contributed by atoms with Crippen LogP contribution in [0.4, 0.5) is 23.1 Å². The standard InChI is InChI=1S/C18H18BrN5/c1-3-13-6-4-5-12(2)17(13)22-16-11-20-24-18(23-16)21-15-9-7-14(19)8-10-15/h4-11H,3H2,1-2H3,(H2,21,22,23,24). The van der Waals surface area contributed by atoms with Crippen LogP contribution in [-0.4, -0.2) is 15.2 Å². The van der Waals surface area contributed by atoms with Crippen LogP contribution >= 0.6 is 15.9 Å². The predicted octanol–water partition coefficient (Wildman–Crippen LogP) is 4.99. The second-order valence-corrected chi connectivity index (χ2v) is 6.30. The first kappa shape index (κ1) is 16.4. The highest BCUT2D eigenvalue weighted by atomic mass is 79.9. The van der Waals surface area contributed by atoms with Gasteiger partial charge in [0.15, 0.2) is 5.82 Å². The third kappa shape index (κ3) is 3.89. The maximum atomic E-state index is 4.49. The molecule has 122 valence electrons. The molecule has 0 amide bonds. The number of nitrogens with zero attached hydrogens (tertiary/aromatic N) is 3. The molecule has 3 rings (SSSR count). The highest BCUT2D eigenvalue weighted by Gasteiger charge is 2.07. The first-order valence-electron chi connectivity index (χ1n) is 7.73. The number of anilines is 4. The van der Waals surface area contributed by atoms with Crippen LogP contribution in [0.1, 0.15) is 18.1 Å². The van der Waals surface area contributed by atoms with Gasteiger partial charge in [0.2, 0.25) is 5.95 Å². The average molecular weight is 384 g/mol. The van der Waals surface area contributed by atoms with Gasteiger partial charge < -0.3 is 10.6 Å². The van der Waals surface area contributed by atoms with Gasteiger partial charge in [0.1, 0.15) is 0 Å². The van der Waals surface area contributed by atoms with Crippen LogP contribution in [0.2, 0.25) is 0 Å². The SMILES string of the molecule is CCc1cccc(C)c1Nc1cnnc(Nc2ccc(Br)cc2)n1. The number of hydrogen-bond acceptors (Lipinski definition) is 5. The highest BCUT2D eigenvalue weighted by molar-refractivity contribution is 9.10. The van der Waals surface area contributed by atoms with Crippen molar-refractivity contribution in [2.75, 3.05) is 10.6 Å². The van der Waals surface area contributed by atoms with Crippen molar-refractivity contribution in [3.8, 4) is 0 Å². The molecule has 0 atom stereocenters. The van der Waals surface area contributed by atoms with Gasteiger partial charge >= 0.3 is 0 Å². The summed E-state index contributed by atoms with van der Waals surface area (Å²) in [4.78, 5) is 4.49. The number of aromatic nitrogens is 3. The lowest BCUT2D eigenvalue weighted by Crippen LogP contribution is -2.04. The summed E-state index contributed by atoms with van der Waals surface area (Å²) in [6.07, 6.45) is 2.57. The molecule has 5 nitrogen and oxygen atoms in total. The molecule has 0 aliphatic carbocycles. The fourth-order valence-corrected chi connectivity index (χ4v) is 2.67. The lowest BCUT2D eigenvalue weighted by atomic mass is 10.1. The molecule has 0 aliphatic rings. The van der Waals surface area contributed by atoms with Gasteiger partial charge in [-0.2, -0.15) is 10.1 Å². The van der Waals surface area contributed by atoms with E-state index in [1.807, 2.05) is 24.3 Å². The zero-order chi connectivity index (χ0) is 16.9. The molecule has 1 aromatic heterocycles. The third-order valence-electron chi connectivity index (χ3n) is 3.65. The Hall–Kier alpha value is -2.47. The maximum Gasteiger partial charge on any atom is 0.249 e. The zero-order valence-electron chi connectivity index (χ0n) is 13.5. The number of rotatable bonds is 5. The maximum absolute atomic E-state index is 4.49. The van der Waals surface area contributed by atoms with E-state index in [9.17, 15) is 0 Å². The van der Waals surface area contributed by atoms with Crippen molar-refractivity contribution in [2.45, 2.75) is 20.3 Å². The molecule has 0 fully saturated rings. The van der Waals surface area contributed by atoms with Crippen molar-refractivity contribution in [3.63, 3.8) is 0 Å². The van der Waals surface area contributed by atoms with E-state index < -0.39 is 0 Å². The molecule has 0 radical (unpaired) electrons. The van der Waals surface area contributed by atoms with Crippen LogP contribution in [0.15, 0.2) is 53.1 Å². The number of para-hydroxylation sites is 1. The van der Waals surface area contributed by atoms with Crippen LogP contribution in [0.25, 0.3) is 0 Å². The Morgan fingerprint density at radius 2 is 1.83 bits per heavy atom. The molecule has 0 unspecified atom stereocenters. The number of nitrogens with one attached hydrogen (secondary N) is 2. The molecule has 0 bridgehead atoms. The van der Waals surface area contributed by atoms with E-state index in [0.717, 1.165) is 22.3 Å². The quantitative estimate of drug-likeness (QED) is 0.649. The Kier molecular flexibility index (Phi) is 5.05. The topological polar surface area (TPSA) is 62.7 Å². The van der Waals surface area contributed by atoms with E-state index in [1.54, 1.807) is 6.20 Å². The molecule has 24 heavy (non-hydrogen) atoms. The van der Waals surface area contributed by atoms with Crippen LogP contribution < -0.4 is 10.6 Å². The Morgan fingerprint density at radius 3 is 2.58 bits per heavy atom. The third-order valence-corrected chi connectivity index (χ3v) is 4.18. The zero-order valence-corrected chi connectivity index (χ0v) is 15.1. The molecule has 3 aromatic rings. The second-order valence-electron chi connectivity index (χ2n) is 5.38. The molecule has 2 aromatic carbocycles. The summed E-state index contributed by atoms with van der Waals surface area (Å²) >= 11 is 3.42. The van der Waals surface area contributed by atoms with Crippen molar-refractivity contribution >= 4 is 39.1 Å². The van der Waals surface area contributed by atoms with Gasteiger partial charge in [-0.25, -0.2) is 0 Å². The minimum Gasteiger partial charge on any atom is -0.338 e. The van der Waals surface area contributed by atoms with Crippen molar-refractivity contribution in [3.05, 3.63) is 64.3 Å². The van der Waals surface area contributed by atoms with E-state index in [1.165, 1.54) is 11.1 Å². The molecular weight excluding hydrogens is 366 g/mol. The molecule has 2 N–H and O–H groups in total. The van der Waals surface area contributed by atoms with Gasteiger partial charge in [-0.15, -0.1) is 5.10 Å². The molecule has 0 saturated heterocycles. The lowest BCUT2D eigenvalue weighted by molar-refractivity contribution is 0.981. The van der Waals surface area contributed by atoms with Crippen LogP contribution in [0.5, 0.6) is 0 Å². The largest absolute Gasteiger partial charge is 0.338 e. The van der Waals surface area contributed by atoms with Gasteiger partial charge in [-0.05, 0) is 48.7 Å². The van der Waals surface area contributed by atoms with Crippen LogP contribution in [-0.2, 0) is 6.42 Å². The summed E-state index contributed by atoms with van der Waals surface area (Å²) in [6.45, 7) is 4.22. The molecule has 6 heteroatoms.